The van der Waals surface area contributed by atoms with E-state index in [9.17, 15) is 27.3 Å². The number of hydrogen-bond acceptors (Lipinski definition) is 6. The minimum Gasteiger partial charge on any atom is -0.376 e. The summed E-state index contributed by atoms with van der Waals surface area (Å²) in [4.78, 5) is 9.72. The van der Waals surface area contributed by atoms with Gasteiger partial charge in [-0.05, 0) is 30.7 Å². The highest BCUT2D eigenvalue weighted by Gasteiger charge is 2.32. The molecule has 1 aliphatic carbocycles. The molecule has 1 aromatic carbocycles. The molecule has 2 rings (SSSR count). The van der Waals surface area contributed by atoms with Crippen LogP contribution in [0.25, 0.3) is 0 Å². The molecule has 1 N–H and O–H groups in total. The average Bonchev–Trinajstić information content (AvgIpc) is 2.94. The summed E-state index contributed by atoms with van der Waals surface area (Å²) in [6, 6.07) is 2.90. The van der Waals surface area contributed by atoms with Crippen LogP contribution in [-0.2, 0) is 9.84 Å². The second-order valence-corrected chi connectivity index (χ2v) is 8.85. The summed E-state index contributed by atoms with van der Waals surface area (Å²) in [5.41, 5.74) is -0.356. The topological polar surface area (TPSA) is 89.3 Å². The van der Waals surface area contributed by atoms with Crippen molar-refractivity contribution in [2.75, 3.05) is 11.1 Å². The minimum atomic E-state index is -4.87. The fraction of sp³-hybridized carbons (Fsp3) is 0.571. The summed E-state index contributed by atoms with van der Waals surface area (Å²) in [5, 5.41) is 14.6. The largest absolute Gasteiger partial charge is 0.376 e. The Labute approximate surface area is 143 Å². The van der Waals surface area contributed by atoms with Crippen molar-refractivity contribution < 1.29 is 22.1 Å². The quantitative estimate of drug-likeness (QED) is 0.573. The predicted molar refractivity (Wildman–Crippen MR) is 89.5 cm³/mol. The van der Waals surface area contributed by atoms with Crippen LogP contribution >= 0.6 is 11.8 Å². The van der Waals surface area contributed by atoms with Crippen molar-refractivity contribution in [3.63, 3.8) is 0 Å². The molecule has 10 heteroatoms. The molecule has 0 aromatic heterocycles. The first-order valence-electron chi connectivity index (χ1n) is 7.46. The van der Waals surface area contributed by atoms with Crippen LogP contribution in [0, 0.1) is 10.1 Å². The number of nitro groups is 1. The molecule has 2 atom stereocenters. The molecular formula is C14H18F2N2O4S2. The van der Waals surface area contributed by atoms with Gasteiger partial charge >= 0.3 is 5.76 Å². The summed E-state index contributed by atoms with van der Waals surface area (Å²) < 4.78 is 48.2. The van der Waals surface area contributed by atoms with Gasteiger partial charge in [0.15, 0.2) is 0 Å². The molecule has 0 aliphatic heterocycles. The molecule has 24 heavy (non-hydrogen) atoms. The zero-order chi connectivity index (χ0) is 17.9. The average molecular weight is 380 g/mol. The van der Waals surface area contributed by atoms with E-state index in [1.165, 1.54) is 6.07 Å². The number of rotatable bonds is 7. The van der Waals surface area contributed by atoms with Gasteiger partial charge in [-0.1, -0.05) is 13.3 Å². The maximum atomic E-state index is 12.6. The second-order valence-electron chi connectivity index (χ2n) is 5.42. The van der Waals surface area contributed by atoms with E-state index < -0.39 is 31.1 Å². The maximum absolute atomic E-state index is 12.6. The molecule has 0 bridgehead atoms. The highest BCUT2D eigenvalue weighted by molar-refractivity contribution is 7.99. The zero-order valence-electron chi connectivity index (χ0n) is 12.9. The molecule has 0 radical (unpaired) electrons. The van der Waals surface area contributed by atoms with Gasteiger partial charge in [-0.2, -0.15) is 20.5 Å². The number of hydrogen-bond donors (Lipinski definition) is 1. The lowest BCUT2D eigenvalue weighted by atomic mass is 10.2. The smallest absolute Gasteiger partial charge is 0.341 e. The first-order chi connectivity index (χ1) is 11.3. The Morgan fingerprint density at radius 3 is 2.71 bits per heavy atom. The van der Waals surface area contributed by atoms with E-state index in [2.05, 4.69) is 5.32 Å². The molecule has 1 fully saturated rings. The summed E-state index contributed by atoms with van der Waals surface area (Å²) in [5.74, 6) is -2.69. The number of thioether (sulfide) groups is 1. The number of nitro benzene ring substituents is 1. The molecule has 0 spiro atoms. The first-order valence-corrected chi connectivity index (χ1v) is 10.1. The summed E-state index contributed by atoms with van der Waals surface area (Å²) in [7, 11) is -4.87. The van der Waals surface area contributed by atoms with E-state index in [1.807, 2.05) is 6.92 Å². The van der Waals surface area contributed by atoms with Crippen molar-refractivity contribution in [2.45, 2.75) is 48.1 Å². The van der Waals surface area contributed by atoms with Crippen LogP contribution in [0.2, 0.25) is 0 Å². The third kappa shape index (κ3) is 3.97. The van der Waals surface area contributed by atoms with Gasteiger partial charge in [0.25, 0.3) is 5.69 Å². The van der Waals surface area contributed by atoms with Gasteiger partial charge in [0.1, 0.15) is 5.69 Å². The number of benzene rings is 1. The van der Waals surface area contributed by atoms with Gasteiger partial charge in [-0.3, -0.25) is 10.1 Å². The van der Waals surface area contributed by atoms with Crippen LogP contribution in [0.4, 0.5) is 20.2 Å². The third-order valence-corrected chi connectivity index (χ3v) is 6.61. The molecular weight excluding hydrogens is 362 g/mol. The van der Waals surface area contributed by atoms with Crippen molar-refractivity contribution in [2.24, 2.45) is 0 Å². The molecule has 1 saturated carbocycles. The third-order valence-electron chi connectivity index (χ3n) is 3.90. The van der Waals surface area contributed by atoms with Crippen molar-refractivity contribution in [1.82, 2.24) is 0 Å². The van der Waals surface area contributed by atoms with Crippen molar-refractivity contribution in [3.8, 4) is 0 Å². The summed E-state index contributed by atoms with van der Waals surface area (Å²) >= 11 is 1.76. The fourth-order valence-corrected chi connectivity index (χ4v) is 4.71. The van der Waals surface area contributed by atoms with Crippen LogP contribution in [0.1, 0.15) is 26.2 Å². The molecule has 0 heterocycles. The normalized spacial score (nSPS) is 21.2. The molecule has 134 valence electrons. The van der Waals surface area contributed by atoms with Gasteiger partial charge in [0, 0.05) is 17.4 Å². The lowest BCUT2D eigenvalue weighted by molar-refractivity contribution is -0.384. The number of sulfone groups is 1. The lowest BCUT2D eigenvalue weighted by Gasteiger charge is -2.21. The monoisotopic (exact) mass is 380 g/mol. The van der Waals surface area contributed by atoms with Crippen molar-refractivity contribution in [3.05, 3.63) is 28.3 Å². The Morgan fingerprint density at radius 2 is 2.12 bits per heavy atom. The van der Waals surface area contributed by atoms with E-state index >= 15 is 0 Å². The summed E-state index contributed by atoms with van der Waals surface area (Å²) in [6.45, 7) is 2.03. The van der Waals surface area contributed by atoms with Crippen LogP contribution in [0.3, 0.4) is 0 Å². The Balaban J connectivity index is 2.32. The van der Waals surface area contributed by atoms with Gasteiger partial charge in [0.05, 0.1) is 9.82 Å². The van der Waals surface area contributed by atoms with Crippen molar-refractivity contribution in [1.29, 1.82) is 0 Å². The highest BCUT2D eigenvalue weighted by atomic mass is 32.2. The van der Waals surface area contributed by atoms with Crippen LogP contribution in [0.5, 0.6) is 0 Å². The van der Waals surface area contributed by atoms with E-state index in [4.69, 9.17) is 0 Å². The molecule has 1 aliphatic rings. The van der Waals surface area contributed by atoms with E-state index in [0.29, 0.717) is 11.3 Å². The Hall–Kier alpha value is -1.42. The number of nitrogens with one attached hydrogen (secondary N) is 1. The zero-order valence-corrected chi connectivity index (χ0v) is 14.6. The first kappa shape index (κ1) is 18.9. The number of nitrogens with zero attached hydrogens (tertiary/aromatic N) is 1. The molecule has 6 nitrogen and oxygen atoms in total. The lowest BCUT2D eigenvalue weighted by Crippen LogP contribution is -2.26. The molecule has 2 unspecified atom stereocenters. The Kier molecular flexibility index (Phi) is 6.02. The molecule has 0 saturated heterocycles. The Morgan fingerprint density at radius 1 is 1.42 bits per heavy atom. The van der Waals surface area contributed by atoms with Gasteiger partial charge in [-0.25, -0.2) is 8.42 Å². The number of alkyl halides is 2. The van der Waals surface area contributed by atoms with E-state index in [0.717, 1.165) is 31.1 Å². The fourth-order valence-electron chi connectivity index (χ4n) is 2.77. The molecule has 1 aromatic rings. The standard InChI is InChI=1S/C14H18F2N2O4S2/c1-2-23-13-5-3-4-11(13)17-10-7-6-9(8-12(10)18(19)20)24(21,22)14(15)16/h6-8,11,13-14,17H,2-5H2,1H3. The van der Waals surface area contributed by atoms with Gasteiger partial charge in [0.2, 0.25) is 9.84 Å². The highest BCUT2D eigenvalue weighted by Crippen LogP contribution is 2.35. The SMILES string of the molecule is CCSC1CCCC1Nc1ccc(S(=O)(=O)C(F)F)cc1[N+](=O)[O-]. The van der Waals surface area contributed by atoms with Crippen LogP contribution < -0.4 is 5.32 Å². The van der Waals surface area contributed by atoms with Crippen LogP contribution in [-0.4, -0.2) is 36.1 Å². The molecule has 0 amide bonds. The Bertz CT molecular complexity index is 713. The van der Waals surface area contributed by atoms with Crippen molar-refractivity contribution >= 4 is 33.0 Å². The van der Waals surface area contributed by atoms with E-state index in [-0.39, 0.29) is 11.7 Å². The number of halogens is 2. The minimum absolute atomic E-state index is 0.0335. The van der Waals surface area contributed by atoms with Gasteiger partial charge < -0.3 is 5.32 Å². The summed E-state index contributed by atoms with van der Waals surface area (Å²) in [6.07, 6.45) is 2.86. The van der Waals surface area contributed by atoms with E-state index in [1.54, 1.807) is 11.8 Å². The second kappa shape index (κ2) is 7.64. The maximum Gasteiger partial charge on any atom is 0.341 e. The van der Waals surface area contributed by atoms with Crippen LogP contribution in [0.15, 0.2) is 23.1 Å². The van der Waals surface area contributed by atoms with Gasteiger partial charge in [-0.15, -0.1) is 0 Å². The predicted octanol–water partition coefficient (Wildman–Crippen LogP) is 3.68. The number of anilines is 1.